The average molecular weight is 226 g/mol. The summed E-state index contributed by atoms with van der Waals surface area (Å²) in [5.41, 5.74) is 12.3. The summed E-state index contributed by atoms with van der Waals surface area (Å²) in [5, 5.41) is 0. The first-order valence-corrected chi connectivity index (χ1v) is 6.02. The van der Waals surface area contributed by atoms with E-state index in [9.17, 15) is 0 Å². The van der Waals surface area contributed by atoms with E-state index in [2.05, 4.69) is 0 Å². The van der Waals surface area contributed by atoms with Gasteiger partial charge in [0, 0.05) is 22.4 Å². The molecule has 3 nitrogen and oxygen atoms in total. The van der Waals surface area contributed by atoms with Crippen molar-refractivity contribution in [3.8, 4) is 5.75 Å². The Morgan fingerprint density at radius 2 is 2.20 bits per heavy atom. The maximum atomic E-state index is 5.85. The quantitative estimate of drug-likeness (QED) is 0.596. The molecule has 1 unspecified atom stereocenters. The minimum absolute atomic E-state index is 0.171. The average Bonchev–Trinajstić information content (AvgIpc) is 2.19. The normalized spacial score (nSPS) is 12.5. The Hall–Kier alpha value is -0.870. The third kappa shape index (κ3) is 4.01. The van der Waals surface area contributed by atoms with Gasteiger partial charge in [-0.3, -0.25) is 0 Å². The first-order chi connectivity index (χ1) is 7.13. The molecule has 0 heterocycles. The lowest BCUT2D eigenvalue weighted by molar-refractivity contribution is 0.339. The van der Waals surface area contributed by atoms with Crippen molar-refractivity contribution in [3.63, 3.8) is 0 Å². The first kappa shape index (κ1) is 12.2. The molecule has 4 heteroatoms. The molecule has 0 bridgehead atoms. The second-order valence-corrected chi connectivity index (χ2v) is 4.48. The van der Waals surface area contributed by atoms with Gasteiger partial charge in [0.1, 0.15) is 5.75 Å². The highest BCUT2D eigenvalue weighted by Crippen LogP contribution is 2.29. The Labute approximate surface area is 95.2 Å². The van der Waals surface area contributed by atoms with Crippen LogP contribution in [0.1, 0.15) is 13.8 Å². The zero-order valence-electron chi connectivity index (χ0n) is 9.19. The zero-order valence-corrected chi connectivity index (χ0v) is 10.0. The summed E-state index contributed by atoms with van der Waals surface area (Å²) in [6, 6.07) is 5.89. The predicted octanol–water partition coefficient (Wildman–Crippen LogP) is 2.11. The largest absolute Gasteiger partial charge is 0.494 e. The van der Waals surface area contributed by atoms with E-state index in [1.165, 1.54) is 0 Å². The van der Waals surface area contributed by atoms with Crippen LogP contribution >= 0.6 is 11.8 Å². The number of anilines is 1. The van der Waals surface area contributed by atoms with Crippen LogP contribution in [0.2, 0.25) is 0 Å². The Morgan fingerprint density at radius 3 is 2.80 bits per heavy atom. The molecule has 0 aliphatic rings. The van der Waals surface area contributed by atoms with Gasteiger partial charge in [0.15, 0.2) is 0 Å². The third-order valence-electron chi connectivity index (χ3n) is 1.80. The lowest BCUT2D eigenvalue weighted by Gasteiger charge is -2.10. The van der Waals surface area contributed by atoms with Crippen molar-refractivity contribution < 1.29 is 4.74 Å². The zero-order chi connectivity index (χ0) is 11.3. The lowest BCUT2D eigenvalue weighted by atomic mass is 10.3. The van der Waals surface area contributed by atoms with E-state index >= 15 is 0 Å². The summed E-state index contributed by atoms with van der Waals surface area (Å²) >= 11 is 1.67. The smallest absolute Gasteiger partial charge is 0.120 e. The van der Waals surface area contributed by atoms with E-state index in [-0.39, 0.29) is 6.04 Å². The molecular formula is C11H18N2OS. The summed E-state index contributed by atoms with van der Waals surface area (Å²) in [6.07, 6.45) is 0. The topological polar surface area (TPSA) is 61.3 Å². The van der Waals surface area contributed by atoms with E-state index in [4.69, 9.17) is 16.2 Å². The summed E-state index contributed by atoms with van der Waals surface area (Å²) in [4.78, 5) is 1.04. The molecule has 84 valence electrons. The van der Waals surface area contributed by atoms with Crippen molar-refractivity contribution in [3.05, 3.63) is 18.2 Å². The molecule has 0 aliphatic carbocycles. The second kappa shape index (κ2) is 5.88. The molecule has 1 aromatic carbocycles. The number of hydrogen-bond donors (Lipinski definition) is 2. The molecular weight excluding hydrogens is 208 g/mol. The maximum Gasteiger partial charge on any atom is 0.120 e. The predicted molar refractivity (Wildman–Crippen MR) is 66.4 cm³/mol. The molecule has 1 aromatic rings. The number of ether oxygens (including phenoxy) is 1. The molecule has 0 saturated heterocycles. The fraction of sp³-hybridized carbons (Fsp3) is 0.455. The van der Waals surface area contributed by atoms with Crippen LogP contribution in [0.5, 0.6) is 5.75 Å². The number of benzene rings is 1. The van der Waals surface area contributed by atoms with Crippen LogP contribution in [0.15, 0.2) is 23.1 Å². The molecule has 0 amide bonds. The van der Waals surface area contributed by atoms with E-state index < -0.39 is 0 Å². The molecule has 4 N–H and O–H groups in total. The van der Waals surface area contributed by atoms with Crippen molar-refractivity contribution in [2.24, 2.45) is 5.73 Å². The fourth-order valence-electron chi connectivity index (χ4n) is 1.12. The summed E-state index contributed by atoms with van der Waals surface area (Å²) in [5.74, 6) is 1.72. The first-order valence-electron chi connectivity index (χ1n) is 5.04. The van der Waals surface area contributed by atoms with Crippen LogP contribution < -0.4 is 16.2 Å². The minimum Gasteiger partial charge on any atom is -0.494 e. The van der Waals surface area contributed by atoms with Crippen molar-refractivity contribution in [2.45, 2.75) is 24.8 Å². The third-order valence-corrected chi connectivity index (χ3v) is 3.15. The lowest BCUT2D eigenvalue weighted by Crippen LogP contribution is -2.17. The van der Waals surface area contributed by atoms with E-state index in [1.807, 2.05) is 32.0 Å². The maximum absolute atomic E-state index is 5.85. The molecule has 15 heavy (non-hydrogen) atoms. The highest BCUT2D eigenvalue weighted by molar-refractivity contribution is 7.99. The van der Waals surface area contributed by atoms with Gasteiger partial charge < -0.3 is 16.2 Å². The summed E-state index contributed by atoms with van der Waals surface area (Å²) < 4.78 is 5.41. The van der Waals surface area contributed by atoms with E-state index in [1.54, 1.807) is 11.8 Å². The fourth-order valence-corrected chi connectivity index (χ4v) is 1.99. The van der Waals surface area contributed by atoms with Crippen LogP contribution in [0, 0.1) is 0 Å². The number of thioether (sulfide) groups is 1. The molecule has 0 aliphatic heterocycles. The van der Waals surface area contributed by atoms with Gasteiger partial charge in [-0.15, -0.1) is 11.8 Å². The van der Waals surface area contributed by atoms with Gasteiger partial charge in [-0.25, -0.2) is 0 Å². The van der Waals surface area contributed by atoms with Crippen LogP contribution in [0.3, 0.4) is 0 Å². The summed E-state index contributed by atoms with van der Waals surface area (Å²) in [6.45, 7) is 4.61. The Morgan fingerprint density at radius 1 is 1.47 bits per heavy atom. The molecule has 1 rings (SSSR count). The molecule has 0 aromatic heterocycles. The number of rotatable bonds is 5. The van der Waals surface area contributed by atoms with E-state index in [0.29, 0.717) is 6.61 Å². The van der Waals surface area contributed by atoms with Gasteiger partial charge in [-0.2, -0.15) is 0 Å². The number of nitrogen functional groups attached to an aromatic ring is 1. The standard InChI is InChI=1S/C11H18N2OS/c1-3-14-9-4-5-10(13)11(6-9)15-7-8(2)12/h4-6,8H,3,7,12-13H2,1-2H3. The van der Waals surface area contributed by atoms with Crippen molar-refractivity contribution in [1.82, 2.24) is 0 Å². The van der Waals surface area contributed by atoms with Gasteiger partial charge in [-0.1, -0.05) is 0 Å². The van der Waals surface area contributed by atoms with Crippen molar-refractivity contribution in [2.75, 3.05) is 18.1 Å². The molecule has 0 radical (unpaired) electrons. The Kier molecular flexibility index (Phi) is 4.78. The SMILES string of the molecule is CCOc1ccc(N)c(SCC(C)N)c1. The van der Waals surface area contributed by atoms with Gasteiger partial charge in [0.2, 0.25) is 0 Å². The summed E-state index contributed by atoms with van der Waals surface area (Å²) in [7, 11) is 0. The van der Waals surface area contributed by atoms with Gasteiger partial charge in [0.05, 0.1) is 6.61 Å². The number of nitrogens with two attached hydrogens (primary N) is 2. The van der Waals surface area contributed by atoms with Crippen LogP contribution in [-0.2, 0) is 0 Å². The van der Waals surface area contributed by atoms with Gasteiger partial charge >= 0.3 is 0 Å². The Bertz CT molecular complexity index is 315. The molecule has 1 atom stereocenters. The molecule has 0 saturated carbocycles. The minimum atomic E-state index is 0.171. The highest BCUT2D eigenvalue weighted by Gasteiger charge is 2.04. The van der Waals surface area contributed by atoms with E-state index in [0.717, 1.165) is 22.1 Å². The van der Waals surface area contributed by atoms with Crippen molar-refractivity contribution in [1.29, 1.82) is 0 Å². The monoisotopic (exact) mass is 226 g/mol. The van der Waals surface area contributed by atoms with Crippen LogP contribution in [0.25, 0.3) is 0 Å². The van der Waals surface area contributed by atoms with Crippen molar-refractivity contribution >= 4 is 17.4 Å². The van der Waals surface area contributed by atoms with Gasteiger partial charge in [0.25, 0.3) is 0 Å². The molecule has 0 spiro atoms. The van der Waals surface area contributed by atoms with Crippen LogP contribution in [0.4, 0.5) is 5.69 Å². The highest BCUT2D eigenvalue weighted by atomic mass is 32.2. The number of hydrogen-bond acceptors (Lipinski definition) is 4. The second-order valence-electron chi connectivity index (χ2n) is 3.42. The van der Waals surface area contributed by atoms with Gasteiger partial charge in [-0.05, 0) is 32.0 Å². The van der Waals surface area contributed by atoms with Crippen LogP contribution in [-0.4, -0.2) is 18.4 Å². The Balaban J connectivity index is 2.71. The molecule has 0 fully saturated rings.